The summed E-state index contributed by atoms with van der Waals surface area (Å²) in [6.45, 7) is 1.09. The Morgan fingerprint density at radius 3 is 2.37 bits per heavy atom. The standard InChI is InChI=1S/C21H24N4O3.C2HF3O2/c22-21(23)24-9-4-10-28-15-7-8-16-18(13-25-19(16)11-15)17(12-20(26)27)14-5-2-1-3-6-14;3-2(4,5)1(6)7/h1-3,5-8,11,13,17,25H,4,9-10,12H2,(H,26,27)(H4,22,23,24);(H,6,7). The number of H-pyrrole nitrogens is 1. The van der Waals surface area contributed by atoms with E-state index in [1.807, 2.05) is 54.7 Å². The summed E-state index contributed by atoms with van der Waals surface area (Å²) in [4.78, 5) is 23.6. The van der Waals surface area contributed by atoms with Crippen LogP contribution >= 0.6 is 0 Å². The number of carboxylic acid groups (broad SMARTS) is 2. The number of aromatic nitrogens is 1. The van der Waals surface area contributed by atoms with Crippen LogP contribution in [0.2, 0.25) is 0 Å². The van der Waals surface area contributed by atoms with E-state index in [4.69, 9.17) is 25.8 Å². The summed E-state index contributed by atoms with van der Waals surface area (Å²) in [6, 6.07) is 15.4. The predicted octanol–water partition coefficient (Wildman–Crippen LogP) is 3.66. The second-order valence-electron chi connectivity index (χ2n) is 7.36. The minimum Gasteiger partial charge on any atom is -0.493 e. The molecular weight excluding hydrogens is 469 g/mol. The first-order valence-corrected chi connectivity index (χ1v) is 10.4. The van der Waals surface area contributed by atoms with Crippen LogP contribution in [0.25, 0.3) is 10.9 Å². The fraction of sp³-hybridized carbons (Fsp3) is 0.261. The summed E-state index contributed by atoms with van der Waals surface area (Å²) >= 11 is 0. The summed E-state index contributed by atoms with van der Waals surface area (Å²) in [5.41, 5.74) is 8.08. The number of aliphatic carboxylic acids is 2. The highest BCUT2D eigenvalue weighted by Crippen LogP contribution is 2.34. The number of hydrogen-bond donors (Lipinski definition) is 6. The third kappa shape index (κ3) is 8.57. The largest absolute Gasteiger partial charge is 0.493 e. The van der Waals surface area contributed by atoms with E-state index in [0.717, 1.165) is 34.2 Å². The number of aromatic amines is 1. The van der Waals surface area contributed by atoms with Crippen molar-refractivity contribution in [3.8, 4) is 5.75 Å². The topological polar surface area (TPSA) is 162 Å². The van der Waals surface area contributed by atoms with Gasteiger partial charge in [-0.3, -0.25) is 10.2 Å². The maximum atomic E-state index is 11.4. The molecule has 0 aliphatic rings. The van der Waals surface area contributed by atoms with Crippen LogP contribution < -0.4 is 15.8 Å². The molecule has 0 aliphatic carbocycles. The van der Waals surface area contributed by atoms with Crippen molar-refractivity contribution in [3.05, 3.63) is 65.9 Å². The molecular formula is C23H25F3N4O5. The van der Waals surface area contributed by atoms with Crippen molar-refractivity contribution in [2.75, 3.05) is 13.2 Å². The molecule has 0 amide bonds. The fourth-order valence-electron chi connectivity index (χ4n) is 3.26. The van der Waals surface area contributed by atoms with Crippen LogP contribution in [0.4, 0.5) is 13.2 Å². The van der Waals surface area contributed by atoms with Crippen molar-refractivity contribution in [1.82, 2.24) is 10.3 Å². The first kappa shape index (κ1) is 27.0. The number of fused-ring (bicyclic) bond motifs is 1. The molecule has 1 atom stereocenters. The van der Waals surface area contributed by atoms with Crippen molar-refractivity contribution in [1.29, 1.82) is 5.41 Å². The van der Waals surface area contributed by atoms with Gasteiger partial charge in [-0.1, -0.05) is 30.3 Å². The molecule has 0 radical (unpaired) electrons. The van der Waals surface area contributed by atoms with Crippen molar-refractivity contribution in [2.45, 2.75) is 24.9 Å². The molecule has 0 bridgehead atoms. The quantitative estimate of drug-likeness (QED) is 0.150. The molecule has 0 saturated carbocycles. The van der Waals surface area contributed by atoms with Gasteiger partial charge in [-0.25, -0.2) is 4.79 Å². The van der Waals surface area contributed by atoms with Gasteiger partial charge in [0.1, 0.15) is 5.75 Å². The van der Waals surface area contributed by atoms with Gasteiger partial charge in [0.15, 0.2) is 5.96 Å². The zero-order chi connectivity index (χ0) is 26.0. The molecule has 0 fully saturated rings. The van der Waals surface area contributed by atoms with Crippen LogP contribution in [-0.4, -0.2) is 52.4 Å². The molecule has 2 aromatic carbocycles. The monoisotopic (exact) mass is 494 g/mol. The van der Waals surface area contributed by atoms with E-state index in [1.165, 1.54) is 0 Å². The normalized spacial score (nSPS) is 11.7. The van der Waals surface area contributed by atoms with Gasteiger partial charge in [0.25, 0.3) is 0 Å². The Kier molecular flexibility index (Phi) is 9.50. The summed E-state index contributed by atoms with van der Waals surface area (Å²) in [7, 11) is 0. The SMILES string of the molecule is N=C(N)NCCCOc1ccc2c(C(CC(=O)O)c3ccccc3)c[nH]c2c1.O=C(O)C(F)(F)F. The molecule has 1 aromatic heterocycles. The molecule has 3 rings (SSSR count). The van der Waals surface area contributed by atoms with Crippen molar-refractivity contribution in [3.63, 3.8) is 0 Å². The van der Waals surface area contributed by atoms with Gasteiger partial charge in [-0.05, 0) is 29.7 Å². The van der Waals surface area contributed by atoms with Crippen molar-refractivity contribution >= 4 is 28.8 Å². The summed E-state index contributed by atoms with van der Waals surface area (Å²) in [5, 5.41) is 27.3. The third-order valence-corrected chi connectivity index (χ3v) is 4.79. The van der Waals surface area contributed by atoms with E-state index < -0.39 is 18.1 Å². The molecule has 12 heteroatoms. The lowest BCUT2D eigenvalue weighted by molar-refractivity contribution is -0.192. The van der Waals surface area contributed by atoms with E-state index in [0.29, 0.717) is 13.2 Å². The Labute approximate surface area is 198 Å². The van der Waals surface area contributed by atoms with Gasteiger partial charge < -0.3 is 31.0 Å². The van der Waals surface area contributed by atoms with Gasteiger partial charge in [0.05, 0.1) is 13.0 Å². The highest BCUT2D eigenvalue weighted by Gasteiger charge is 2.38. The smallest absolute Gasteiger partial charge is 0.490 e. The third-order valence-electron chi connectivity index (χ3n) is 4.79. The van der Waals surface area contributed by atoms with Crippen molar-refractivity contribution in [2.24, 2.45) is 5.73 Å². The van der Waals surface area contributed by atoms with Gasteiger partial charge in [-0.2, -0.15) is 13.2 Å². The lowest BCUT2D eigenvalue weighted by Crippen LogP contribution is -2.31. The Morgan fingerprint density at radius 2 is 1.80 bits per heavy atom. The molecule has 3 aromatic rings. The van der Waals surface area contributed by atoms with Crippen LogP contribution in [-0.2, 0) is 9.59 Å². The second kappa shape index (κ2) is 12.3. The summed E-state index contributed by atoms with van der Waals surface area (Å²) in [6.07, 6.45) is -2.45. The Hall–Kier alpha value is -4.22. The fourth-order valence-corrected chi connectivity index (χ4v) is 3.26. The van der Waals surface area contributed by atoms with Crippen LogP contribution in [0, 0.1) is 5.41 Å². The summed E-state index contributed by atoms with van der Waals surface area (Å²) < 4.78 is 37.5. The molecule has 1 unspecified atom stereocenters. The first-order valence-electron chi connectivity index (χ1n) is 10.4. The van der Waals surface area contributed by atoms with Gasteiger partial charge in [-0.15, -0.1) is 0 Å². The molecule has 188 valence electrons. The number of alkyl halides is 3. The number of nitrogens with two attached hydrogens (primary N) is 1. The number of benzene rings is 2. The van der Waals surface area contributed by atoms with E-state index in [-0.39, 0.29) is 18.3 Å². The van der Waals surface area contributed by atoms with Gasteiger partial charge in [0, 0.05) is 35.6 Å². The maximum Gasteiger partial charge on any atom is 0.490 e. The number of nitrogens with one attached hydrogen (secondary N) is 3. The van der Waals surface area contributed by atoms with E-state index >= 15 is 0 Å². The zero-order valence-electron chi connectivity index (χ0n) is 18.4. The number of carbonyl (C=O) groups is 2. The van der Waals surface area contributed by atoms with Crippen LogP contribution in [0.3, 0.4) is 0 Å². The highest BCUT2D eigenvalue weighted by atomic mass is 19.4. The Balaban J connectivity index is 0.000000540. The van der Waals surface area contributed by atoms with Gasteiger partial charge in [0.2, 0.25) is 0 Å². The lowest BCUT2D eigenvalue weighted by atomic mass is 9.88. The first-order chi connectivity index (χ1) is 16.5. The molecule has 1 heterocycles. The Morgan fingerprint density at radius 1 is 1.14 bits per heavy atom. The molecule has 0 aliphatic heterocycles. The number of carboxylic acids is 2. The van der Waals surface area contributed by atoms with Crippen LogP contribution in [0.5, 0.6) is 5.75 Å². The molecule has 9 nitrogen and oxygen atoms in total. The van der Waals surface area contributed by atoms with E-state index in [9.17, 15) is 23.1 Å². The van der Waals surface area contributed by atoms with Crippen LogP contribution in [0.15, 0.2) is 54.7 Å². The van der Waals surface area contributed by atoms with Crippen LogP contribution in [0.1, 0.15) is 29.9 Å². The minimum atomic E-state index is -5.08. The highest BCUT2D eigenvalue weighted by molar-refractivity contribution is 5.86. The second-order valence-corrected chi connectivity index (χ2v) is 7.36. The average molecular weight is 494 g/mol. The number of rotatable bonds is 9. The number of hydrogen-bond acceptors (Lipinski definition) is 4. The Bertz CT molecular complexity index is 1150. The molecule has 0 saturated heterocycles. The number of halogens is 3. The number of guanidine groups is 1. The predicted molar refractivity (Wildman–Crippen MR) is 123 cm³/mol. The van der Waals surface area contributed by atoms with Gasteiger partial charge >= 0.3 is 18.1 Å². The van der Waals surface area contributed by atoms with E-state index in [1.54, 1.807) is 0 Å². The van der Waals surface area contributed by atoms with E-state index in [2.05, 4.69) is 10.3 Å². The lowest BCUT2D eigenvalue weighted by Gasteiger charge is -2.15. The number of ether oxygens (including phenoxy) is 1. The maximum absolute atomic E-state index is 11.4. The molecule has 0 spiro atoms. The average Bonchev–Trinajstić information content (AvgIpc) is 3.20. The minimum absolute atomic E-state index is 0.0262. The van der Waals surface area contributed by atoms with Crippen molar-refractivity contribution < 1.29 is 37.7 Å². The molecule has 7 N–H and O–H groups in total. The molecule has 35 heavy (non-hydrogen) atoms. The summed E-state index contributed by atoms with van der Waals surface area (Å²) in [5.74, 6) is -3.13. The zero-order valence-corrected chi connectivity index (χ0v) is 18.4.